The smallest absolute Gasteiger partial charge is 0.332 e. The number of hydrogen-bond acceptors (Lipinski definition) is 5. The van der Waals surface area contributed by atoms with Crippen molar-refractivity contribution < 1.29 is 14.7 Å². The number of fused-ring (bicyclic) bond motifs is 1. The maximum absolute atomic E-state index is 13.1. The van der Waals surface area contributed by atoms with Crippen LogP contribution in [0.1, 0.15) is 20.8 Å². The van der Waals surface area contributed by atoms with Gasteiger partial charge in [-0.2, -0.15) is 0 Å². The lowest BCUT2D eigenvalue weighted by atomic mass is 10.1. The van der Waals surface area contributed by atoms with Crippen LogP contribution >= 0.6 is 11.6 Å². The first kappa shape index (κ1) is 23.1. The van der Waals surface area contributed by atoms with Gasteiger partial charge in [0.15, 0.2) is 0 Å². The number of anilines is 1. The average Bonchev–Trinajstić information content (AvgIpc) is 2.70. The Labute approximate surface area is 188 Å². The van der Waals surface area contributed by atoms with Gasteiger partial charge in [0.2, 0.25) is 11.8 Å². The van der Waals surface area contributed by atoms with Gasteiger partial charge in [0, 0.05) is 10.6 Å². The third kappa shape index (κ3) is 5.17. The molecule has 0 aliphatic heterocycles. The van der Waals surface area contributed by atoms with Gasteiger partial charge >= 0.3 is 5.69 Å². The molecule has 0 fully saturated rings. The van der Waals surface area contributed by atoms with Crippen LogP contribution in [0.5, 0.6) is 5.75 Å². The van der Waals surface area contributed by atoms with Gasteiger partial charge in [0.25, 0.3) is 5.56 Å². The van der Waals surface area contributed by atoms with Crippen molar-refractivity contribution in [3.8, 4) is 5.75 Å². The molecule has 1 aromatic heterocycles. The molecule has 3 aromatic rings. The second-order valence-corrected chi connectivity index (χ2v) is 8.72. The summed E-state index contributed by atoms with van der Waals surface area (Å²) in [5.41, 5.74) is -1.64. The molecule has 3 rings (SSSR count). The van der Waals surface area contributed by atoms with E-state index in [4.69, 9.17) is 11.6 Å². The Balaban J connectivity index is 2.01. The molecule has 2 amide bonds. The van der Waals surface area contributed by atoms with Gasteiger partial charge in [0.1, 0.15) is 18.8 Å². The van der Waals surface area contributed by atoms with E-state index in [9.17, 15) is 24.3 Å². The lowest BCUT2D eigenvalue weighted by Gasteiger charge is -2.21. The number of aromatic hydroxyl groups is 1. The van der Waals surface area contributed by atoms with Crippen LogP contribution in [0.3, 0.4) is 0 Å². The summed E-state index contributed by atoms with van der Waals surface area (Å²) >= 11 is 5.90. The van der Waals surface area contributed by atoms with Crippen molar-refractivity contribution in [3.63, 3.8) is 0 Å². The number of aromatic nitrogens is 2. The minimum absolute atomic E-state index is 0.0812. The van der Waals surface area contributed by atoms with Crippen LogP contribution in [0.4, 0.5) is 5.69 Å². The number of phenolic OH excluding ortho intramolecular Hbond substituents is 1. The van der Waals surface area contributed by atoms with Crippen molar-refractivity contribution in [3.05, 3.63) is 68.3 Å². The van der Waals surface area contributed by atoms with Crippen molar-refractivity contribution in [2.75, 3.05) is 5.32 Å². The number of halogens is 1. The first-order valence-corrected chi connectivity index (χ1v) is 10.2. The highest BCUT2D eigenvalue weighted by atomic mass is 35.5. The van der Waals surface area contributed by atoms with Gasteiger partial charge < -0.3 is 15.7 Å². The number of phenols is 1. The van der Waals surface area contributed by atoms with E-state index < -0.39 is 41.7 Å². The molecule has 0 spiro atoms. The summed E-state index contributed by atoms with van der Waals surface area (Å²) in [6.07, 6.45) is 0. The first-order valence-electron chi connectivity index (χ1n) is 9.78. The quantitative estimate of drug-likeness (QED) is 0.505. The Kier molecular flexibility index (Phi) is 6.40. The Hall–Kier alpha value is -3.59. The van der Waals surface area contributed by atoms with Crippen molar-refractivity contribution in [1.29, 1.82) is 0 Å². The van der Waals surface area contributed by atoms with Gasteiger partial charge in [-0.3, -0.25) is 23.5 Å². The molecule has 0 aliphatic carbocycles. The number of amides is 2. The number of benzene rings is 2. The SMILES string of the molecule is CC(C)(C)NC(=O)Cn1c(=O)c2ccccc2n(CC(=O)Nc2cc(Cl)ccc2O)c1=O. The van der Waals surface area contributed by atoms with E-state index in [-0.39, 0.29) is 22.3 Å². The van der Waals surface area contributed by atoms with E-state index in [2.05, 4.69) is 10.6 Å². The van der Waals surface area contributed by atoms with Crippen molar-refractivity contribution in [2.45, 2.75) is 39.4 Å². The van der Waals surface area contributed by atoms with E-state index in [1.54, 1.807) is 39.0 Å². The fourth-order valence-electron chi connectivity index (χ4n) is 3.21. The summed E-state index contributed by atoms with van der Waals surface area (Å²) in [5, 5.41) is 15.6. The van der Waals surface area contributed by atoms with Crippen LogP contribution in [0.25, 0.3) is 10.9 Å². The standard InChI is InChI=1S/C22H23ClN4O5/c1-22(2,3)25-19(30)12-27-20(31)14-6-4-5-7-16(14)26(21(27)32)11-18(29)24-15-10-13(23)8-9-17(15)28/h4-10,28H,11-12H2,1-3H3,(H,24,29)(H,25,30). The predicted octanol–water partition coefficient (Wildman–Crippen LogP) is 2.08. The maximum atomic E-state index is 13.1. The number of para-hydroxylation sites is 1. The average molecular weight is 459 g/mol. The zero-order chi connectivity index (χ0) is 23.6. The molecule has 10 heteroatoms. The van der Waals surface area contributed by atoms with Gasteiger partial charge in [-0.25, -0.2) is 4.79 Å². The molecular weight excluding hydrogens is 436 g/mol. The number of carbonyl (C=O) groups excluding carboxylic acids is 2. The van der Waals surface area contributed by atoms with Crippen molar-refractivity contribution in [2.24, 2.45) is 0 Å². The first-order chi connectivity index (χ1) is 15.0. The summed E-state index contributed by atoms with van der Waals surface area (Å²) in [4.78, 5) is 51.0. The highest BCUT2D eigenvalue weighted by Gasteiger charge is 2.20. The van der Waals surface area contributed by atoms with Gasteiger partial charge in [-0.1, -0.05) is 23.7 Å². The van der Waals surface area contributed by atoms with Gasteiger partial charge in [-0.15, -0.1) is 0 Å². The molecule has 0 atom stereocenters. The van der Waals surface area contributed by atoms with E-state index in [0.29, 0.717) is 5.02 Å². The van der Waals surface area contributed by atoms with Gasteiger partial charge in [0.05, 0.1) is 16.6 Å². The Morgan fingerprint density at radius 1 is 1.00 bits per heavy atom. The molecule has 168 valence electrons. The second kappa shape index (κ2) is 8.88. The topological polar surface area (TPSA) is 122 Å². The second-order valence-electron chi connectivity index (χ2n) is 8.28. The van der Waals surface area contributed by atoms with Crippen LogP contribution in [-0.4, -0.2) is 31.6 Å². The predicted molar refractivity (Wildman–Crippen MR) is 122 cm³/mol. The maximum Gasteiger partial charge on any atom is 0.332 e. The minimum Gasteiger partial charge on any atom is -0.506 e. The van der Waals surface area contributed by atoms with E-state index in [0.717, 1.165) is 9.13 Å². The number of rotatable bonds is 5. The number of nitrogens with one attached hydrogen (secondary N) is 2. The summed E-state index contributed by atoms with van der Waals surface area (Å²) in [7, 11) is 0. The molecule has 1 heterocycles. The fourth-order valence-corrected chi connectivity index (χ4v) is 3.38. The molecule has 0 saturated carbocycles. The molecular formula is C22H23ClN4O5. The number of hydrogen-bond donors (Lipinski definition) is 3. The van der Waals surface area contributed by atoms with E-state index >= 15 is 0 Å². The third-order valence-electron chi connectivity index (χ3n) is 4.48. The molecule has 0 radical (unpaired) electrons. The lowest BCUT2D eigenvalue weighted by Crippen LogP contribution is -2.48. The van der Waals surface area contributed by atoms with Crippen LogP contribution in [0.15, 0.2) is 52.1 Å². The zero-order valence-electron chi connectivity index (χ0n) is 17.8. The van der Waals surface area contributed by atoms with Crippen LogP contribution < -0.4 is 21.9 Å². The third-order valence-corrected chi connectivity index (χ3v) is 4.72. The summed E-state index contributed by atoms with van der Waals surface area (Å²) in [5.74, 6) is -1.32. The molecule has 0 bridgehead atoms. The van der Waals surface area contributed by atoms with E-state index in [1.165, 1.54) is 24.3 Å². The fraction of sp³-hybridized carbons (Fsp3) is 0.273. The minimum atomic E-state index is -0.803. The zero-order valence-corrected chi connectivity index (χ0v) is 18.6. The summed E-state index contributed by atoms with van der Waals surface area (Å²) in [6, 6.07) is 10.5. The molecule has 9 nitrogen and oxygen atoms in total. The molecule has 0 aliphatic rings. The molecule has 0 saturated heterocycles. The van der Waals surface area contributed by atoms with Crippen molar-refractivity contribution >= 4 is 40.0 Å². The largest absolute Gasteiger partial charge is 0.506 e. The highest BCUT2D eigenvalue weighted by Crippen LogP contribution is 2.26. The monoisotopic (exact) mass is 458 g/mol. The lowest BCUT2D eigenvalue weighted by molar-refractivity contribution is -0.123. The molecule has 3 N–H and O–H groups in total. The van der Waals surface area contributed by atoms with Crippen molar-refractivity contribution in [1.82, 2.24) is 14.5 Å². The Morgan fingerprint density at radius 2 is 1.66 bits per heavy atom. The molecule has 0 unspecified atom stereocenters. The molecule has 2 aromatic carbocycles. The summed E-state index contributed by atoms with van der Waals surface area (Å²) < 4.78 is 1.91. The number of carbonyl (C=O) groups is 2. The summed E-state index contributed by atoms with van der Waals surface area (Å²) in [6.45, 7) is 4.40. The highest BCUT2D eigenvalue weighted by molar-refractivity contribution is 6.31. The van der Waals surface area contributed by atoms with Crippen LogP contribution in [0, 0.1) is 0 Å². The Morgan fingerprint density at radius 3 is 2.34 bits per heavy atom. The normalized spacial score (nSPS) is 11.4. The van der Waals surface area contributed by atoms with Crippen LogP contribution in [-0.2, 0) is 22.7 Å². The Bertz CT molecular complexity index is 1320. The van der Waals surface area contributed by atoms with E-state index in [1.807, 2.05) is 0 Å². The molecule has 32 heavy (non-hydrogen) atoms. The van der Waals surface area contributed by atoms with Crippen LogP contribution in [0.2, 0.25) is 5.02 Å². The van der Waals surface area contributed by atoms with Gasteiger partial charge in [-0.05, 0) is 51.1 Å². The number of nitrogens with zero attached hydrogens (tertiary/aromatic N) is 2.